The predicted molar refractivity (Wildman–Crippen MR) is 155 cm³/mol. The Balaban J connectivity index is 1.14. The van der Waals surface area contributed by atoms with Gasteiger partial charge in [0.25, 0.3) is 0 Å². The molecule has 2 aromatic carbocycles. The van der Waals surface area contributed by atoms with Gasteiger partial charge in [0.2, 0.25) is 0 Å². The van der Waals surface area contributed by atoms with Gasteiger partial charge in [0, 0.05) is 49.2 Å². The molecule has 0 aliphatic carbocycles. The van der Waals surface area contributed by atoms with Crippen molar-refractivity contribution in [3.05, 3.63) is 83.0 Å². The number of thioether (sulfide) groups is 1. The van der Waals surface area contributed by atoms with Crippen molar-refractivity contribution in [2.24, 2.45) is 0 Å². The van der Waals surface area contributed by atoms with E-state index < -0.39 is 17.3 Å². The molecule has 2 aliphatic rings. The van der Waals surface area contributed by atoms with E-state index in [9.17, 15) is 18.0 Å². The van der Waals surface area contributed by atoms with Crippen LogP contribution in [0.4, 0.5) is 18.0 Å². The van der Waals surface area contributed by atoms with Gasteiger partial charge in [-0.1, -0.05) is 18.2 Å². The number of hydrogen-bond donors (Lipinski definition) is 0. The van der Waals surface area contributed by atoms with Gasteiger partial charge >= 0.3 is 12.3 Å². The molecule has 0 unspecified atom stereocenters. The highest BCUT2D eigenvalue weighted by molar-refractivity contribution is 7.97. The van der Waals surface area contributed by atoms with Crippen LogP contribution in [0.1, 0.15) is 62.3 Å². The molecule has 0 radical (unpaired) electrons. The number of hydrogen-bond acceptors (Lipinski definition) is 5. The Kier molecular flexibility index (Phi) is 8.28. The Bertz CT molecular complexity index is 1360. The van der Waals surface area contributed by atoms with E-state index in [1.165, 1.54) is 17.7 Å². The van der Waals surface area contributed by atoms with E-state index in [-0.39, 0.29) is 11.7 Å². The first-order valence-electron chi connectivity index (χ1n) is 13.9. The number of aryl methyl sites for hydroxylation is 1. The van der Waals surface area contributed by atoms with E-state index in [1.54, 1.807) is 16.7 Å². The first-order chi connectivity index (χ1) is 19.4. The number of nitrogens with zero attached hydrogens (tertiary/aromatic N) is 2. The van der Waals surface area contributed by atoms with Gasteiger partial charge in [-0.05, 0) is 86.7 Å². The first-order valence-corrected chi connectivity index (χ1v) is 15.0. The summed E-state index contributed by atoms with van der Waals surface area (Å²) in [6.45, 7) is 6.89. The maximum Gasteiger partial charge on any atom is 0.416 e. The second-order valence-corrected chi connectivity index (χ2v) is 12.8. The van der Waals surface area contributed by atoms with Crippen LogP contribution in [0.5, 0.6) is 5.75 Å². The van der Waals surface area contributed by atoms with Crippen molar-refractivity contribution in [1.29, 1.82) is 0 Å². The molecule has 0 atom stereocenters. The fourth-order valence-corrected chi connectivity index (χ4v) is 6.15. The number of alkyl halides is 3. The van der Waals surface area contributed by atoms with Crippen molar-refractivity contribution in [2.75, 3.05) is 13.1 Å². The second-order valence-electron chi connectivity index (χ2n) is 11.8. The minimum absolute atomic E-state index is 0.245. The normalized spacial score (nSPS) is 16.7. The average Bonchev–Trinajstić information content (AvgIpc) is 2.92. The molecule has 5 rings (SSSR count). The number of pyridine rings is 1. The van der Waals surface area contributed by atoms with Gasteiger partial charge in [-0.15, -0.1) is 0 Å². The van der Waals surface area contributed by atoms with Crippen LogP contribution in [-0.4, -0.2) is 40.3 Å². The molecule has 5 nitrogen and oxygen atoms in total. The van der Waals surface area contributed by atoms with Gasteiger partial charge in [0.05, 0.1) is 11.3 Å². The van der Waals surface area contributed by atoms with E-state index in [1.807, 2.05) is 51.2 Å². The molecule has 1 spiro atoms. The molecule has 9 heteroatoms. The molecule has 1 fully saturated rings. The highest BCUT2D eigenvalue weighted by atomic mass is 32.2. The first kappa shape index (κ1) is 29.3. The summed E-state index contributed by atoms with van der Waals surface area (Å²) >= 11 is 1.64. The quantitative estimate of drug-likeness (QED) is 0.302. The Morgan fingerprint density at radius 1 is 0.976 bits per heavy atom. The largest absolute Gasteiger partial charge is 0.487 e. The monoisotopic (exact) mass is 584 g/mol. The number of piperidine rings is 1. The zero-order valence-electron chi connectivity index (χ0n) is 23.6. The Morgan fingerprint density at radius 3 is 2.29 bits per heavy atom. The smallest absolute Gasteiger partial charge is 0.416 e. The summed E-state index contributed by atoms with van der Waals surface area (Å²) in [6, 6.07) is 15.6. The zero-order valence-corrected chi connectivity index (χ0v) is 24.4. The van der Waals surface area contributed by atoms with E-state index in [0.29, 0.717) is 18.8 Å². The fourth-order valence-electron chi connectivity index (χ4n) is 5.21. The standard InChI is InChI=1S/C32H35F3N2O3S/c1-30(2,3)40-29(38)37-16-14-31(15-17-37)13-12-25-18-24(7-11-28(25)39-31)27-10-6-23(19-36-27)21-41-20-22-4-8-26(9-5-22)32(33,34)35/h4-11,18-19H,12-17,20-21H2,1-3H3. The third-order valence-corrected chi connectivity index (χ3v) is 8.58. The third-order valence-electron chi connectivity index (χ3n) is 7.50. The number of aromatic nitrogens is 1. The number of fused-ring (bicyclic) bond motifs is 1. The molecular formula is C32H35F3N2O3S. The molecule has 1 amide bonds. The molecule has 0 saturated carbocycles. The molecule has 218 valence electrons. The molecule has 41 heavy (non-hydrogen) atoms. The van der Waals surface area contributed by atoms with Crippen LogP contribution in [0, 0.1) is 0 Å². The van der Waals surface area contributed by atoms with E-state index in [0.717, 1.165) is 71.7 Å². The zero-order chi connectivity index (χ0) is 29.3. The van der Waals surface area contributed by atoms with Crippen LogP contribution < -0.4 is 4.74 Å². The lowest BCUT2D eigenvalue weighted by atomic mass is 9.83. The average molecular weight is 585 g/mol. The Labute approximate surface area is 243 Å². The summed E-state index contributed by atoms with van der Waals surface area (Å²) in [5, 5.41) is 0. The van der Waals surface area contributed by atoms with Crippen molar-refractivity contribution in [3.8, 4) is 17.0 Å². The van der Waals surface area contributed by atoms with Gasteiger partial charge in [-0.2, -0.15) is 24.9 Å². The minimum Gasteiger partial charge on any atom is -0.487 e. The summed E-state index contributed by atoms with van der Waals surface area (Å²) in [5.74, 6) is 2.26. The Hall–Kier alpha value is -3.20. The maximum absolute atomic E-state index is 12.7. The van der Waals surface area contributed by atoms with E-state index in [2.05, 4.69) is 11.1 Å². The van der Waals surface area contributed by atoms with Crippen LogP contribution in [-0.2, 0) is 28.8 Å². The van der Waals surface area contributed by atoms with Crippen LogP contribution in [0.25, 0.3) is 11.3 Å². The highest BCUT2D eigenvalue weighted by Crippen LogP contribution is 2.41. The van der Waals surface area contributed by atoms with Gasteiger partial charge in [0.15, 0.2) is 0 Å². The predicted octanol–water partition coefficient (Wildman–Crippen LogP) is 8.30. The summed E-state index contributed by atoms with van der Waals surface area (Å²) in [5.41, 5.74) is 3.63. The van der Waals surface area contributed by atoms with Crippen LogP contribution in [0.15, 0.2) is 60.8 Å². The lowest BCUT2D eigenvalue weighted by molar-refractivity contribution is -0.137. The van der Waals surface area contributed by atoms with Crippen LogP contribution >= 0.6 is 11.8 Å². The second kappa shape index (κ2) is 11.6. The van der Waals surface area contributed by atoms with Crippen molar-refractivity contribution in [3.63, 3.8) is 0 Å². The highest BCUT2D eigenvalue weighted by Gasteiger charge is 2.41. The summed E-state index contributed by atoms with van der Waals surface area (Å²) in [7, 11) is 0. The van der Waals surface area contributed by atoms with Gasteiger partial charge in [-0.3, -0.25) is 4.98 Å². The number of rotatable bonds is 5. The summed E-state index contributed by atoms with van der Waals surface area (Å²) < 4.78 is 50.3. The van der Waals surface area contributed by atoms with E-state index >= 15 is 0 Å². The summed E-state index contributed by atoms with van der Waals surface area (Å²) in [6.07, 6.45) is 0.681. The molecule has 3 heterocycles. The third kappa shape index (κ3) is 7.36. The van der Waals surface area contributed by atoms with Gasteiger partial charge < -0.3 is 14.4 Å². The number of carbonyl (C=O) groups is 1. The minimum atomic E-state index is -4.31. The van der Waals surface area contributed by atoms with Crippen molar-refractivity contribution < 1.29 is 27.4 Å². The molecule has 0 bridgehead atoms. The molecule has 1 saturated heterocycles. The molecule has 0 N–H and O–H groups in total. The SMILES string of the molecule is CC(C)(C)OC(=O)N1CCC2(CCc3cc(-c4ccc(CSCc5ccc(C(F)(F)F)cc5)cn4)ccc3O2)CC1. The Morgan fingerprint density at radius 2 is 1.66 bits per heavy atom. The van der Waals surface area contributed by atoms with Crippen LogP contribution in [0.2, 0.25) is 0 Å². The fraction of sp³-hybridized carbons (Fsp3) is 0.438. The lowest BCUT2D eigenvalue weighted by Crippen LogP contribution is -2.52. The summed E-state index contributed by atoms with van der Waals surface area (Å²) in [4.78, 5) is 18.9. The number of halogens is 3. The molecule has 1 aromatic heterocycles. The molecule has 2 aliphatic heterocycles. The number of likely N-dealkylation sites (tertiary alicyclic amines) is 1. The topological polar surface area (TPSA) is 51.7 Å². The van der Waals surface area contributed by atoms with E-state index in [4.69, 9.17) is 9.47 Å². The molecule has 3 aromatic rings. The van der Waals surface area contributed by atoms with Gasteiger partial charge in [0.1, 0.15) is 17.0 Å². The lowest BCUT2D eigenvalue weighted by Gasteiger charge is -2.44. The van der Waals surface area contributed by atoms with Gasteiger partial charge in [-0.25, -0.2) is 4.79 Å². The number of carbonyl (C=O) groups excluding carboxylic acids is 1. The maximum atomic E-state index is 12.7. The van der Waals surface area contributed by atoms with Crippen molar-refractivity contribution in [2.45, 2.75) is 75.3 Å². The number of ether oxygens (including phenoxy) is 2. The molecular weight excluding hydrogens is 549 g/mol. The number of amides is 1. The van der Waals surface area contributed by atoms with Crippen molar-refractivity contribution in [1.82, 2.24) is 9.88 Å². The van der Waals surface area contributed by atoms with Crippen LogP contribution in [0.3, 0.4) is 0 Å². The number of benzene rings is 2. The van der Waals surface area contributed by atoms with Crippen molar-refractivity contribution >= 4 is 17.9 Å².